The van der Waals surface area contributed by atoms with Gasteiger partial charge in [-0.25, -0.2) is 0 Å². The molecule has 0 saturated heterocycles. The third-order valence-corrected chi connectivity index (χ3v) is 2.52. The van der Waals surface area contributed by atoms with E-state index in [1.165, 1.54) is 0 Å². The maximum Gasteiger partial charge on any atom is 0.255 e. The van der Waals surface area contributed by atoms with Crippen LogP contribution in [0, 0.1) is 0 Å². The Morgan fingerprint density at radius 1 is 1.42 bits per heavy atom. The molecule has 0 aliphatic rings. The first-order chi connectivity index (χ1) is 8.43. The number of hydrogen-bond acceptors (Lipinski definition) is 3. The molecule has 108 valence electrons. The molecule has 0 fully saturated rings. The van der Waals surface area contributed by atoms with Crippen molar-refractivity contribution in [1.82, 2.24) is 5.32 Å². The van der Waals surface area contributed by atoms with E-state index in [2.05, 4.69) is 5.32 Å². The number of carbonyl (C=O) groups is 1. The zero-order chi connectivity index (χ0) is 13.7. The van der Waals surface area contributed by atoms with Crippen LogP contribution in [-0.4, -0.2) is 24.6 Å². The molecule has 1 aromatic carbocycles. The van der Waals surface area contributed by atoms with Crippen LogP contribution in [0.25, 0.3) is 0 Å². The molecule has 0 aliphatic heterocycles. The SMILES string of the molecule is CC(C)Oc1ccc(Cl)cc1C(=O)N[C@@H](C)CN.Cl. The number of hydrogen-bond donors (Lipinski definition) is 2. The Morgan fingerprint density at radius 3 is 2.58 bits per heavy atom. The summed E-state index contributed by atoms with van der Waals surface area (Å²) in [6.45, 7) is 6.02. The molecule has 0 heterocycles. The number of amides is 1. The number of nitrogens with two attached hydrogens (primary N) is 1. The van der Waals surface area contributed by atoms with Crippen LogP contribution >= 0.6 is 24.0 Å². The molecule has 1 atom stereocenters. The van der Waals surface area contributed by atoms with Crippen LogP contribution in [0.2, 0.25) is 5.02 Å². The van der Waals surface area contributed by atoms with E-state index >= 15 is 0 Å². The molecule has 0 radical (unpaired) electrons. The molecule has 1 amide bonds. The fraction of sp³-hybridized carbons (Fsp3) is 0.462. The zero-order valence-corrected chi connectivity index (χ0v) is 12.8. The second-order valence-electron chi connectivity index (χ2n) is 4.42. The first-order valence-corrected chi connectivity index (χ1v) is 6.29. The minimum atomic E-state index is -0.230. The third-order valence-electron chi connectivity index (χ3n) is 2.28. The lowest BCUT2D eigenvalue weighted by Crippen LogP contribution is -2.38. The van der Waals surface area contributed by atoms with Gasteiger partial charge in [-0.3, -0.25) is 4.79 Å². The number of benzene rings is 1. The number of rotatable bonds is 5. The molecule has 0 saturated carbocycles. The van der Waals surface area contributed by atoms with Gasteiger partial charge < -0.3 is 15.8 Å². The van der Waals surface area contributed by atoms with Crippen molar-refractivity contribution in [3.05, 3.63) is 28.8 Å². The van der Waals surface area contributed by atoms with Crippen molar-refractivity contribution in [2.24, 2.45) is 5.73 Å². The average molecular weight is 307 g/mol. The Kier molecular flexibility index (Phi) is 7.83. The minimum absolute atomic E-state index is 0. The van der Waals surface area contributed by atoms with Crippen molar-refractivity contribution in [3.63, 3.8) is 0 Å². The van der Waals surface area contributed by atoms with Crippen LogP contribution in [0.4, 0.5) is 0 Å². The van der Waals surface area contributed by atoms with Gasteiger partial charge in [0.1, 0.15) is 5.75 Å². The molecule has 1 rings (SSSR count). The lowest BCUT2D eigenvalue weighted by atomic mass is 10.1. The number of nitrogens with one attached hydrogen (secondary N) is 1. The van der Waals surface area contributed by atoms with Crippen molar-refractivity contribution < 1.29 is 9.53 Å². The summed E-state index contributed by atoms with van der Waals surface area (Å²) in [5.74, 6) is 0.294. The van der Waals surface area contributed by atoms with Crippen LogP contribution in [0.5, 0.6) is 5.75 Å². The van der Waals surface area contributed by atoms with E-state index in [0.717, 1.165) is 0 Å². The molecule has 4 nitrogen and oxygen atoms in total. The van der Waals surface area contributed by atoms with Crippen molar-refractivity contribution in [1.29, 1.82) is 0 Å². The van der Waals surface area contributed by atoms with Gasteiger partial charge in [-0.15, -0.1) is 12.4 Å². The fourth-order valence-electron chi connectivity index (χ4n) is 1.40. The highest BCUT2D eigenvalue weighted by atomic mass is 35.5. The van der Waals surface area contributed by atoms with Gasteiger partial charge in [0.05, 0.1) is 11.7 Å². The number of halogens is 2. The second kappa shape index (κ2) is 8.25. The van der Waals surface area contributed by atoms with E-state index in [-0.39, 0.29) is 30.5 Å². The fourth-order valence-corrected chi connectivity index (χ4v) is 1.57. The average Bonchev–Trinajstić information content (AvgIpc) is 2.30. The van der Waals surface area contributed by atoms with Crippen molar-refractivity contribution in [2.75, 3.05) is 6.54 Å². The van der Waals surface area contributed by atoms with Gasteiger partial charge >= 0.3 is 0 Å². The van der Waals surface area contributed by atoms with Gasteiger partial charge in [-0.2, -0.15) is 0 Å². The maximum absolute atomic E-state index is 12.1. The van der Waals surface area contributed by atoms with Gasteiger partial charge in [0.15, 0.2) is 0 Å². The molecular formula is C13H20Cl2N2O2. The molecule has 0 unspecified atom stereocenters. The Balaban J connectivity index is 0.00000324. The second-order valence-corrected chi connectivity index (χ2v) is 4.85. The van der Waals surface area contributed by atoms with Crippen LogP contribution in [0.15, 0.2) is 18.2 Å². The summed E-state index contributed by atoms with van der Waals surface area (Å²) in [7, 11) is 0. The highest BCUT2D eigenvalue weighted by Crippen LogP contribution is 2.24. The van der Waals surface area contributed by atoms with Crippen LogP contribution in [0.1, 0.15) is 31.1 Å². The van der Waals surface area contributed by atoms with Crippen LogP contribution in [0.3, 0.4) is 0 Å². The summed E-state index contributed by atoms with van der Waals surface area (Å²) < 4.78 is 5.59. The predicted molar refractivity (Wildman–Crippen MR) is 80.4 cm³/mol. The molecule has 0 bridgehead atoms. The summed E-state index contributed by atoms with van der Waals surface area (Å²) in [4.78, 5) is 12.1. The monoisotopic (exact) mass is 306 g/mol. The summed E-state index contributed by atoms with van der Waals surface area (Å²) >= 11 is 5.91. The zero-order valence-electron chi connectivity index (χ0n) is 11.3. The van der Waals surface area contributed by atoms with Gasteiger partial charge in [0, 0.05) is 17.6 Å². The summed E-state index contributed by atoms with van der Waals surface area (Å²) in [6.07, 6.45) is -0.00958. The summed E-state index contributed by atoms with van der Waals surface area (Å²) in [5, 5.41) is 3.28. The first kappa shape index (κ1) is 18.0. The van der Waals surface area contributed by atoms with Gasteiger partial charge in [-0.05, 0) is 39.0 Å². The molecule has 3 N–H and O–H groups in total. The third kappa shape index (κ3) is 5.68. The molecule has 0 spiro atoms. The van der Waals surface area contributed by atoms with Crippen molar-refractivity contribution in [3.8, 4) is 5.75 Å². The Labute approximate surface area is 125 Å². The van der Waals surface area contributed by atoms with E-state index in [0.29, 0.717) is 22.9 Å². The summed E-state index contributed by atoms with van der Waals surface area (Å²) in [6, 6.07) is 4.90. The number of ether oxygens (including phenoxy) is 1. The molecule has 19 heavy (non-hydrogen) atoms. The highest BCUT2D eigenvalue weighted by molar-refractivity contribution is 6.31. The van der Waals surface area contributed by atoms with E-state index in [4.69, 9.17) is 22.1 Å². The summed E-state index contributed by atoms with van der Waals surface area (Å²) in [5.41, 5.74) is 5.90. The van der Waals surface area contributed by atoms with Gasteiger partial charge in [-0.1, -0.05) is 11.6 Å². The number of carbonyl (C=O) groups excluding carboxylic acids is 1. The van der Waals surface area contributed by atoms with Gasteiger partial charge in [0.2, 0.25) is 0 Å². The van der Waals surface area contributed by atoms with Gasteiger partial charge in [0.25, 0.3) is 5.91 Å². The van der Waals surface area contributed by atoms with E-state index in [1.807, 2.05) is 20.8 Å². The van der Waals surface area contributed by atoms with E-state index in [1.54, 1.807) is 18.2 Å². The van der Waals surface area contributed by atoms with Crippen LogP contribution < -0.4 is 15.8 Å². The first-order valence-electron chi connectivity index (χ1n) is 5.91. The highest BCUT2D eigenvalue weighted by Gasteiger charge is 2.15. The topological polar surface area (TPSA) is 64.3 Å². The lowest BCUT2D eigenvalue weighted by molar-refractivity contribution is 0.0935. The normalized spacial score (nSPS) is 11.7. The molecule has 0 aliphatic carbocycles. The molecule has 6 heteroatoms. The predicted octanol–water partition coefficient (Wildman–Crippen LogP) is 2.63. The Morgan fingerprint density at radius 2 is 2.05 bits per heavy atom. The Bertz CT molecular complexity index is 425. The Hall–Kier alpha value is -0.970. The molecular weight excluding hydrogens is 287 g/mol. The van der Waals surface area contributed by atoms with Crippen molar-refractivity contribution in [2.45, 2.75) is 32.9 Å². The maximum atomic E-state index is 12.1. The molecule has 1 aromatic rings. The smallest absolute Gasteiger partial charge is 0.255 e. The minimum Gasteiger partial charge on any atom is -0.490 e. The molecule has 0 aromatic heterocycles. The van der Waals surface area contributed by atoms with E-state index < -0.39 is 0 Å². The largest absolute Gasteiger partial charge is 0.490 e. The lowest BCUT2D eigenvalue weighted by Gasteiger charge is -2.16. The van der Waals surface area contributed by atoms with Crippen molar-refractivity contribution >= 4 is 29.9 Å². The van der Waals surface area contributed by atoms with E-state index in [9.17, 15) is 4.79 Å². The van der Waals surface area contributed by atoms with Crippen LogP contribution in [-0.2, 0) is 0 Å². The standard InChI is InChI=1S/C13H19ClN2O2.ClH/c1-8(2)18-12-5-4-10(14)6-11(12)13(17)16-9(3)7-15;/h4-6,8-9H,7,15H2,1-3H3,(H,16,17);1H/t9-;/m0./s1. The quantitative estimate of drug-likeness (QED) is 0.879.